The lowest BCUT2D eigenvalue weighted by Crippen LogP contribution is -2.17. The van der Waals surface area contributed by atoms with Crippen LogP contribution in [0.1, 0.15) is 18.4 Å². The average Bonchev–Trinajstić information content (AvgIpc) is 2.38. The van der Waals surface area contributed by atoms with Crippen LogP contribution in [0.15, 0.2) is 24.3 Å². The lowest BCUT2D eigenvalue weighted by molar-refractivity contribution is -0.174. The van der Waals surface area contributed by atoms with Gasteiger partial charge in [-0.3, -0.25) is 0 Å². The van der Waals surface area contributed by atoms with Crippen molar-refractivity contribution in [3.05, 3.63) is 35.6 Å². The third kappa shape index (κ3) is 7.70. The molecule has 0 radical (unpaired) electrons. The summed E-state index contributed by atoms with van der Waals surface area (Å²) in [6, 6.07) is 6.14. The van der Waals surface area contributed by atoms with Gasteiger partial charge in [-0.2, -0.15) is 13.2 Å². The van der Waals surface area contributed by atoms with E-state index in [1.807, 2.05) is 0 Å². The molecule has 114 valence electrons. The van der Waals surface area contributed by atoms with Crippen LogP contribution in [0.2, 0.25) is 0 Å². The molecule has 0 bridgehead atoms. The summed E-state index contributed by atoms with van der Waals surface area (Å²) in [4.78, 5) is 0. The van der Waals surface area contributed by atoms with E-state index in [9.17, 15) is 17.6 Å². The molecule has 0 amide bonds. The standard InChI is InChI=1S/C14H17ClF4O/c15-9-12(2-1-7-20-10-14(17,18)19)8-11-3-5-13(16)6-4-11/h3-6,12H,1-2,7-10H2. The fourth-order valence-corrected chi connectivity index (χ4v) is 2.11. The summed E-state index contributed by atoms with van der Waals surface area (Å²) in [5, 5.41) is 0. The first-order chi connectivity index (χ1) is 9.40. The molecule has 0 spiro atoms. The van der Waals surface area contributed by atoms with Gasteiger partial charge in [-0.25, -0.2) is 4.39 Å². The first kappa shape index (κ1) is 17.2. The van der Waals surface area contributed by atoms with Gasteiger partial charge in [-0.15, -0.1) is 11.6 Å². The normalized spacial score (nSPS) is 13.4. The van der Waals surface area contributed by atoms with Gasteiger partial charge in [0.2, 0.25) is 0 Å². The Bertz CT molecular complexity index is 378. The molecule has 0 saturated carbocycles. The summed E-state index contributed by atoms with van der Waals surface area (Å²) in [6.07, 6.45) is -2.39. The summed E-state index contributed by atoms with van der Waals surface area (Å²) < 4.78 is 52.8. The average molecular weight is 313 g/mol. The van der Waals surface area contributed by atoms with Crippen LogP contribution in [0.5, 0.6) is 0 Å². The predicted molar refractivity (Wildman–Crippen MR) is 70.4 cm³/mol. The molecule has 1 aromatic carbocycles. The van der Waals surface area contributed by atoms with Crippen LogP contribution in [0, 0.1) is 11.7 Å². The highest BCUT2D eigenvalue weighted by Crippen LogP contribution is 2.18. The highest BCUT2D eigenvalue weighted by Gasteiger charge is 2.27. The van der Waals surface area contributed by atoms with E-state index in [2.05, 4.69) is 4.74 Å². The zero-order valence-electron chi connectivity index (χ0n) is 10.9. The lowest BCUT2D eigenvalue weighted by Gasteiger charge is -2.14. The van der Waals surface area contributed by atoms with E-state index in [4.69, 9.17) is 11.6 Å². The first-order valence-corrected chi connectivity index (χ1v) is 6.89. The number of benzene rings is 1. The zero-order valence-corrected chi connectivity index (χ0v) is 11.7. The molecule has 1 nitrogen and oxygen atoms in total. The van der Waals surface area contributed by atoms with E-state index in [1.165, 1.54) is 12.1 Å². The van der Waals surface area contributed by atoms with Gasteiger partial charge in [0.25, 0.3) is 0 Å². The number of hydrogen-bond donors (Lipinski definition) is 0. The molecule has 1 unspecified atom stereocenters. The van der Waals surface area contributed by atoms with Gasteiger partial charge in [0.15, 0.2) is 0 Å². The molecule has 0 saturated heterocycles. The topological polar surface area (TPSA) is 9.23 Å². The second kappa shape index (κ2) is 8.47. The van der Waals surface area contributed by atoms with Crippen LogP contribution in [0.25, 0.3) is 0 Å². The Morgan fingerprint density at radius 2 is 1.80 bits per heavy atom. The molecular weight excluding hydrogens is 296 g/mol. The van der Waals surface area contributed by atoms with E-state index in [1.54, 1.807) is 12.1 Å². The molecule has 0 N–H and O–H groups in total. The Morgan fingerprint density at radius 3 is 2.35 bits per heavy atom. The number of alkyl halides is 4. The molecule has 0 fully saturated rings. The Morgan fingerprint density at radius 1 is 1.15 bits per heavy atom. The van der Waals surface area contributed by atoms with Crippen molar-refractivity contribution in [2.24, 2.45) is 5.92 Å². The molecule has 1 aromatic rings. The molecule has 20 heavy (non-hydrogen) atoms. The molecule has 0 heterocycles. The summed E-state index contributed by atoms with van der Waals surface area (Å²) in [5.41, 5.74) is 0.966. The Hall–Kier alpha value is -0.810. The monoisotopic (exact) mass is 312 g/mol. The quantitative estimate of drug-likeness (QED) is 0.388. The Balaban J connectivity index is 2.24. The maximum absolute atomic E-state index is 12.8. The van der Waals surface area contributed by atoms with Crippen LogP contribution in [0.4, 0.5) is 17.6 Å². The lowest BCUT2D eigenvalue weighted by atomic mass is 9.96. The minimum absolute atomic E-state index is 0.0658. The van der Waals surface area contributed by atoms with Crippen molar-refractivity contribution in [3.63, 3.8) is 0 Å². The Kier molecular flexibility index (Phi) is 7.30. The van der Waals surface area contributed by atoms with Crippen molar-refractivity contribution in [2.75, 3.05) is 19.1 Å². The molecule has 0 aliphatic carbocycles. The van der Waals surface area contributed by atoms with E-state index in [0.717, 1.165) is 5.56 Å². The molecule has 6 heteroatoms. The van der Waals surface area contributed by atoms with Gasteiger partial charge in [0.1, 0.15) is 12.4 Å². The molecule has 0 aromatic heterocycles. The molecule has 1 rings (SSSR count). The van der Waals surface area contributed by atoms with Crippen molar-refractivity contribution in [1.82, 2.24) is 0 Å². The summed E-state index contributed by atoms with van der Waals surface area (Å²) in [6.45, 7) is -1.15. The van der Waals surface area contributed by atoms with Crippen LogP contribution in [0.3, 0.4) is 0 Å². The van der Waals surface area contributed by atoms with E-state index < -0.39 is 12.8 Å². The van der Waals surface area contributed by atoms with Gasteiger partial charge in [0, 0.05) is 12.5 Å². The fraction of sp³-hybridized carbons (Fsp3) is 0.571. The number of ether oxygens (including phenoxy) is 1. The van der Waals surface area contributed by atoms with Crippen LogP contribution < -0.4 is 0 Å². The van der Waals surface area contributed by atoms with Gasteiger partial charge >= 0.3 is 6.18 Å². The van der Waals surface area contributed by atoms with E-state index >= 15 is 0 Å². The molecular formula is C14H17ClF4O. The predicted octanol–water partition coefficient (Wildman–Crippen LogP) is 4.58. The molecule has 0 aliphatic rings. The second-order valence-corrected chi connectivity index (χ2v) is 4.97. The van der Waals surface area contributed by atoms with Crippen LogP contribution in [-0.2, 0) is 11.2 Å². The van der Waals surface area contributed by atoms with Gasteiger partial charge < -0.3 is 4.74 Å². The van der Waals surface area contributed by atoms with Crippen LogP contribution >= 0.6 is 11.6 Å². The number of halogens is 5. The number of rotatable bonds is 8. The van der Waals surface area contributed by atoms with Crippen molar-refractivity contribution in [1.29, 1.82) is 0 Å². The minimum atomic E-state index is -4.28. The van der Waals surface area contributed by atoms with E-state index in [0.29, 0.717) is 25.1 Å². The third-order valence-electron chi connectivity index (χ3n) is 2.82. The molecule has 0 aliphatic heterocycles. The third-order valence-corrected chi connectivity index (χ3v) is 3.26. The highest BCUT2D eigenvalue weighted by atomic mass is 35.5. The summed E-state index contributed by atoms with van der Waals surface area (Å²) in [7, 11) is 0. The summed E-state index contributed by atoms with van der Waals surface area (Å²) >= 11 is 5.84. The van der Waals surface area contributed by atoms with Gasteiger partial charge in [0.05, 0.1) is 0 Å². The summed E-state index contributed by atoms with van der Waals surface area (Å²) in [5.74, 6) is 0.268. The molecule has 1 atom stereocenters. The Labute approximate surface area is 120 Å². The van der Waals surface area contributed by atoms with Gasteiger partial charge in [-0.05, 0) is 42.9 Å². The van der Waals surface area contributed by atoms with Crippen molar-refractivity contribution >= 4 is 11.6 Å². The smallest absolute Gasteiger partial charge is 0.372 e. The minimum Gasteiger partial charge on any atom is -0.372 e. The SMILES string of the molecule is Fc1ccc(CC(CCl)CCCOCC(F)(F)F)cc1. The van der Waals surface area contributed by atoms with Gasteiger partial charge in [-0.1, -0.05) is 12.1 Å². The largest absolute Gasteiger partial charge is 0.411 e. The highest BCUT2D eigenvalue weighted by molar-refractivity contribution is 6.18. The number of hydrogen-bond acceptors (Lipinski definition) is 1. The van der Waals surface area contributed by atoms with Crippen LogP contribution in [-0.4, -0.2) is 25.3 Å². The maximum Gasteiger partial charge on any atom is 0.411 e. The fourth-order valence-electron chi connectivity index (χ4n) is 1.85. The zero-order chi connectivity index (χ0) is 15.0. The second-order valence-electron chi connectivity index (χ2n) is 4.66. The van der Waals surface area contributed by atoms with E-state index in [-0.39, 0.29) is 18.3 Å². The van der Waals surface area contributed by atoms with Crippen molar-refractivity contribution < 1.29 is 22.3 Å². The van der Waals surface area contributed by atoms with Crippen molar-refractivity contribution in [2.45, 2.75) is 25.4 Å². The maximum atomic E-state index is 12.8. The first-order valence-electron chi connectivity index (χ1n) is 6.35. The van der Waals surface area contributed by atoms with Crippen molar-refractivity contribution in [3.8, 4) is 0 Å².